The number of para-hydroxylation sites is 1. The van der Waals surface area contributed by atoms with Crippen molar-refractivity contribution in [2.45, 2.75) is 15.5 Å². The Kier molecular flexibility index (Phi) is 3.99. The molecule has 1 aromatic heterocycles. The summed E-state index contributed by atoms with van der Waals surface area (Å²) in [7, 11) is -3.52. The predicted octanol–water partition coefficient (Wildman–Crippen LogP) is 4.09. The molecule has 0 atom stereocenters. The summed E-state index contributed by atoms with van der Waals surface area (Å²) in [6.07, 6.45) is 0.831. The zero-order valence-corrected chi connectivity index (χ0v) is 13.7. The summed E-state index contributed by atoms with van der Waals surface area (Å²) in [5.41, 5.74) is 0.763. The number of hydrogen-bond donors (Lipinski definition) is 0. The topological polar surface area (TPSA) is 37.4 Å². The zero-order valence-electron chi connectivity index (χ0n) is 10.5. The molecule has 2 aromatic rings. The molecular formula is C13H12ClNO2S3. The average molecular weight is 346 g/mol. The van der Waals surface area contributed by atoms with Gasteiger partial charge in [0.15, 0.2) is 0 Å². The van der Waals surface area contributed by atoms with Gasteiger partial charge in [-0.1, -0.05) is 23.7 Å². The first-order valence-electron chi connectivity index (χ1n) is 6.09. The maximum atomic E-state index is 12.8. The largest absolute Gasteiger partial charge is 0.273 e. The van der Waals surface area contributed by atoms with Crippen LogP contribution in [-0.2, 0) is 10.0 Å². The fraction of sp³-hybridized carbons (Fsp3) is 0.231. The highest BCUT2D eigenvalue weighted by molar-refractivity contribution is 7.99. The average Bonchev–Trinajstić information content (AvgIpc) is 2.75. The molecule has 0 fully saturated rings. The van der Waals surface area contributed by atoms with Gasteiger partial charge < -0.3 is 0 Å². The lowest BCUT2D eigenvalue weighted by Gasteiger charge is -2.23. The highest BCUT2D eigenvalue weighted by Gasteiger charge is 2.29. The summed E-state index contributed by atoms with van der Waals surface area (Å²) in [5.74, 6) is 0.925. The fourth-order valence-electron chi connectivity index (χ4n) is 2.09. The Morgan fingerprint density at radius 1 is 1.15 bits per heavy atom. The zero-order chi connectivity index (χ0) is 14.2. The Morgan fingerprint density at radius 2 is 1.95 bits per heavy atom. The van der Waals surface area contributed by atoms with E-state index in [0.29, 0.717) is 15.1 Å². The minimum absolute atomic E-state index is 0.296. The Hall–Kier alpha value is -0.690. The monoisotopic (exact) mass is 345 g/mol. The van der Waals surface area contributed by atoms with E-state index in [1.165, 1.54) is 4.31 Å². The van der Waals surface area contributed by atoms with E-state index in [1.807, 2.05) is 24.3 Å². The van der Waals surface area contributed by atoms with Crippen molar-refractivity contribution in [3.8, 4) is 0 Å². The third-order valence-electron chi connectivity index (χ3n) is 2.99. The van der Waals surface area contributed by atoms with Gasteiger partial charge in [-0.15, -0.1) is 23.1 Å². The molecule has 0 aliphatic carbocycles. The number of rotatable bonds is 2. The molecule has 3 nitrogen and oxygen atoms in total. The van der Waals surface area contributed by atoms with E-state index >= 15 is 0 Å². The van der Waals surface area contributed by atoms with Crippen molar-refractivity contribution in [2.75, 3.05) is 16.6 Å². The maximum absolute atomic E-state index is 12.8. The van der Waals surface area contributed by atoms with Crippen LogP contribution in [-0.4, -0.2) is 20.7 Å². The number of halogens is 1. The molecule has 7 heteroatoms. The van der Waals surface area contributed by atoms with Crippen LogP contribution in [0.1, 0.15) is 6.42 Å². The van der Waals surface area contributed by atoms with Crippen molar-refractivity contribution >= 4 is 50.4 Å². The number of nitrogens with zero attached hydrogens (tertiary/aromatic N) is 1. The van der Waals surface area contributed by atoms with E-state index in [1.54, 1.807) is 23.9 Å². The van der Waals surface area contributed by atoms with Crippen LogP contribution in [0.15, 0.2) is 45.5 Å². The van der Waals surface area contributed by atoms with E-state index in [0.717, 1.165) is 34.1 Å². The molecular weight excluding hydrogens is 334 g/mol. The number of thiophene rings is 1. The minimum Gasteiger partial charge on any atom is -0.265 e. The molecule has 0 bridgehead atoms. The first-order valence-corrected chi connectivity index (χ1v) is 9.71. The highest BCUT2D eigenvalue weighted by atomic mass is 35.5. The molecule has 3 rings (SSSR count). The number of anilines is 1. The van der Waals surface area contributed by atoms with Gasteiger partial charge in [0, 0.05) is 11.4 Å². The molecule has 20 heavy (non-hydrogen) atoms. The Morgan fingerprint density at radius 3 is 2.70 bits per heavy atom. The van der Waals surface area contributed by atoms with Crippen molar-refractivity contribution in [1.29, 1.82) is 0 Å². The second-order valence-electron chi connectivity index (χ2n) is 4.31. The van der Waals surface area contributed by atoms with Crippen LogP contribution < -0.4 is 4.31 Å². The molecule has 0 amide bonds. The van der Waals surface area contributed by atoms with Gasteiger partial charge in [-0.3, -0.25) is 4.31 Å². The predicted molar refractivity (Wildman–Crippen MR) is 85.6 cm³/mol. The second kappa shape index (κ2) is 5.60. The number of thioether (sulfide) groups is 1. The lowest BCUT2D eigenvalue weighted by atomic mass is 10.3. The van der Waals surface area contributed by atoms with Crippen LogP contribution in [0, 0.1) is 0 Å². The molecule has 0 saturated carbocycles. The quantitative estimate of drug-likeness (QED) is 0.822. The van der Waals surface area contributed by atoms with Crippen molar-refractivity contribution in [3.05, 3.63) is 40.7 Å². The Balaban J connectivity index is 2.09. The van der Waals surface area contributed by atoms with Crippen molar-refractivity contribution in [1.82, 2.24) is 0 Å². The molecule has 0 radical (unpaired) electrons. The first kappa shape index (κ1) is 14.3. The molecule has 1 aliphatic heterocycles. The lowest BCUT2D eigenvalue weighted by molar-refractivity contribution is 0.592. The van der Waals surface area contributed by atoms with E-state index in [2.05, 4.69) is 0 Å². The highest BCUT2D eigenvalue weighted by Crippen LogP contribution is 2.38. The van der Waals surface area contributed by atoms with Gasteiger partial charge in [-0.05, 0) is 36.4 Å². The third kappa shape index (κ3) is 2.57. The standard InChI is InChI=1S/C13H12ClNO2S3/c14-12-6-7-13(19-12)20(16,17)15-8-3-9-18-11-5-2-1-4-10(11)15/h1-2,4-7H,3,8-9H2. The number of fused-ring (bicyclic) bond motifs is 1. The Bertz CT molecular complexity index is 727. The molecule has 1 aliphatic rings. The van der Waals surface area contributed by atoms with Gasteiger partial charge in [0.2, 0.25) is 0 Å². The van der Waals surface area contributed by atoms with Gasteiger partial charge in [-0.25, -0.2) is 8.42 Å². The molecule has 0 saturated heterocycles. The van der Waals surface area contributed by atoms with Crippen molar-refractivity contribution in [3.63, 3.8) is 0 Å². The van der Waals surface area contributed by atoms with Gasteiger partial charge in [-0.2, -0.15) is 0 Å². The number of sulfonamides is 1. The van der Waals surface area contributed by atoms with Crippen molar-refractivity contribution in [2.24, 2.45) is 0 Å². The first-order chi connectivity index (χ1) is 9.59. The van der Waals surface area contributed by atoms with E-state index < -0.39 is 10.0 Å². The summed E-state index contributed by atoms with van der Waals surface area (Å²) < 4.78 is 27.9. The lowest BCUT2D eigenvalue weighted by Crippen LogP contribution is -2.31. The second-order valence-corrected chi connectivity index (χ2v) is 9.25. The van der Waals surface area contributed by atoms with Gasteiger partial charge in [0.1, 0.15) is 4.21 Å². The van der Waals surface area contributed by atoms with Gasteiger partial charge in [0.05, 0.1) is 10.0 Å². The normalized spacial score (nSPS) is 15.8. The molecule has 2 heterocycles. The maximum Gasteiger partial charge on any atom is 0.273 e. The van der Waals surface area contributed by atoms with Gasteiger partial charge in [0.25, 0.3) is 10.0 Å². The minimum atomic E-state index is -3.52. The Labute approximate surface area is 131 Å². The SMILES string of the molecule is O=S(=O)(c1ccc(Cl)s1)N1CCCSc2ccccc21. The molecule has 0 spiro atoms. The number of benzene rings is 1. The van der Waals surface area contributed by atoms with Crippen LogP contribution in [0.2, 0.25) is 4.34 Å². The molecule has 0 N–H and O–H groups in total. The van der Waals surface area contributed by atoms with E-state index in [4.69, 9.17) is 11.6 Å². The smallest absolute Gasteiger partial charge is 0.265 e. The molecule has 1 aromatic carbocycles. The van der Waals surface area contributed by atoms with Crippen LogP contribution >= 0.6 is 34.7 Å². The van der Waals surface area contributed by atoms with Crippen LogP contribution in [0.5, 0.6) is 0 Å². The molecule has 0 unspecified atom stereocenters. The van der Waals surface area contributed by atoms with Crippen LogP contribution in [0.3, 0.4) is 0 Å². The number of hydrogen-bond acceptors (Lipinski definition) is 4. The summed E-state index contributed by atoms with van der Waals surface area (Å²) in [5, 5.41) is 0. The summed E-state index contributed by atoms with van der Waals surface area (Å²) >= 11 is 8.67. The van der Waals surface area contributed by atoms with Crippen molar-refractivity contribution < 1.29 is 8.42 Å². The summed E-state index contributed by atoms with van der Waals surface area (Å²) in [4.78, 5) is 1.01. The summed E-state index contributed by atoms with van der Waals surface area (Å²) in [6.45, 7) is 0.502. The summed E-state index contributed by atoms with van der Waals surface area (Å²) in [6, 6.07) is 10.8. The third-order valence-corrected chi connectivity index (χ3v) is 7.65. The fourth-order valence-corrected chi connectivity index (χ4v) is 6.26. The van der Waals surface area contributed by atoms with Crippen LogP contribution in [0.25, 0.3) is 0 Å². The molecule has 106 valence electrons. The van der Waals surface area contributed by atoms with Gasteiger partial charge >= 0.3 is 0 Å². The van der Waals surface area contributed by atoms with Crippen LogP contribution in [0.4, 0.5) is 5.69 Å². The van der Waals surface area contributed by atoms with E-state index in [9.17, 15) is 8.42 Å². The van der Waals surface area contributed by atoms with E-state index in [-0.39, 0.29) is 0 Å².